The normalized spacial score (nSPS) is 10.1. The fraction of sp³-hybridized carbons (Fsp3) is 0. The molecule has 0 aromatic heterocycles. The average molecular weight is 403 g/mol. The van der Waals surface area contributed by atoms with Crippen LogP contribution in [0.3, 0.4) is 0 Å². The van der Waals surface area contributed by atoms with Crippen molar-refractivity contribution in [2.45, 2.75) is 0 Å². The van der Waals surface area contributed by atoms with Gasteiger partial charge in [0, 0.05) is 15.7 Å². The van der Waals surface area contributed by atoms with E-state index in [9.17, 15) is 14.9 Å². The van der Waals surface area contributed by atoms with Gasteiger partial charge in [-0.1, -0.05) is 23.7 Å². The molecule has 7 heteroatoms. The number of hydrogen-bond acceptors (Lipinski definition) is 3. The highest BCUT2D eigenvalue weighted by molar-refractivity contribution is 14.1. The van der Waals surface area contributed by atoms with E-state index in [0.717, 1.165) is 0 Å². The molecule has 0 saturated carbocycles. The topological polar surface area (TPSA) is 72.2 Å². The van der Waals surface area contributed by atoms with E-state index in [-0.39, 0.29) is 11.3 Å². The number of amides is 1. The lowest BCUT2D eigenvalue weighted by molar-refractivity contribution is -0.384. The summed E-state index contributed by atoms with van der Waals surface area (Å²) in [5.74, 6) is -0.439. The fourth-order valence-electron chi connectivity index (χ4n) is 1.55. The summed E-state index contributed by atoms with van der Waals surface area (Å²) < 4.78 is 0.623. The number of benzene rings is 2. The van der Waals surface area contributed by atoms with Crippen LogP contribution in [0.15, 0.2) is 42.5 Å². The monoisotopic (exact) mass is 402 g/mol. The molecule has 0 saturated heterocycles. The van der Waals surface area contributed by atoms with Crippen LogP contribution in [0, 0.1) is 13.7 Å². The van der Waals surface area contributed by atoms with Gasteiger partial charge in [-0.2, -0.15) is 0 Å². The third-order valence-electron chi connectivity index (χ3n) is 2.53. The molecule has 2 rings (SSSR count). The average Bonchev–Trinajstić information content (AvgIpc) is 2.41. The van der Waals surface area contributed by atoms with Gasteiger partial charge in [-0.25, -0.2) is 0 Å². The molecular weight excluding hydrogens is 395 g/mol. The van der Waals surface area contributed by atoms with E-state index in [0.29, 0.717) is 14.3 Å². The zero-order valence-electron chi connectivity index (χ0n) is 9.97. The molecule has 1 N–H and O–H groups in total. The number of nitro groups is 1. The summed E-state index contributed by atoms with van der Waals surface area (Å²) in [6, 6.07) is 10.9. The first-order valence-electron chi connectivity index (χ1n) is 5.49. The summed E-state index contributed by atoms with van der Waals surface area (Å²) in [5, 5.41) is 13.8. The number of para-hydroxylation sites is 1. The summed E-state index contributed by atoms with van der Waals surface area (Å²) in [4.78, 5) is 22.4. The number of halogens is 2. The van der Waals surface area contributed by atoms with Crippen LogP contribution in [0.25, 0.3) is 0 Å². The van der Waals surface area contributed by atoms with Crippen molar-refractivity contribution in [2.24, 2.45) is 0 Å². The highest BCUT2D eigenvalue weighted by Gasteiger charge is 2.16. The van der Waals surface area contributed by atoms with Gasteiger partial charge in [0.2, 0.25) is 0 Å². The minimum absolute atomic E-state index is 0.130. The standard InChI is InChI=1S/C13H8ClIN2O3/c14-10-3-1-2-4-12(10)16-13(18)9-7-8(17(19)20)5-6-11(9)15/h1-7H,(H,16,18). The Kier molecular flexibility index (Phi) is 4.56. The van der Waals surface area contributed by atoms with Crippen LogP contribution in [0.1, 0.15) is 10.4 Å². The molecule has 0 radical (unpaired) electrons. The second-order valence-corrected chi connectivity index (χ2v) is 5.42. The van der Waals surface area contributed by atoms with Crippen molar-refractivity contribution in [1.82, 2.24) is 0 Å². The minimum Gasteiger partial charge on any atom is -0.321 e. The number of carbonyl (C=O) groups is 1. The highest BCUT2D eigenvalue weighted by atomic mass is 127. The smallest absolute Gasteiger partial charge is 0.270 e. The third kappa shape index (κ3) is 3.26. The quantitative estimate of drug-likeness (QED) is 0.477. The predicted octanol–water partition coefficient (Wildman–Crippen LogP) is 4.11. The molecule has 0 aliphatic rings. The lowest BCUT2D eigenvalue weighted by atomic mass is 10.2. The van der Waals surface area contributed by atoms with Gasteiger partial charge in [0.15, 0.2) is 0 Å². The molecule has 0 fully saturated rings. The fourth-order valence-corrected chi connectivity index (χ4v) is 2.32. The van der Waals surface area contributed by atoms with Gasteiger partial charge in [0.05, 0.1) is 21.2 Å². The zero-order chi connectivity index (χ0) is 14.7. The molecule has 0 atom stereocenters. The van der Waals surface area contributed by atoms with Gasteiger partial charge in [-0.3, -0.25) is 14.9 Å². The number of nitrogens with zero attached hydrogens (tertiary/aromatic N) is 1. The molecule has 20 heavy (non-hydrogen) atoms. The summed E-state index contributed by atoms with van der Waals surface area (Å²) in [6.07, 6.45) is 0. The first kappa shape index (κ1) is 14.7. The summed E-state index contributed by atoms with van der Waals surface area (Å²) in [6.45, 7) is 0. The van der Waals surface area contributed by atoms with Crippen LogP contribution in [-0.2, 0) is 0 Å². The molecule has 102 valence electrons. The third-order valence-corrected chi connectivity index (χ3v) is 3.80. The minimum atomic E-state index is -0.539. The Morgan fingerprint density at radius 1 is 1.25 bits per heavy atom. The number of nitro benzene ring substituents is 1. The van der Waals surface area contributed by atoms with Crippen molar-refractivity contribution in [3.05, 3.63) is 66.7 Å². The van der Waals surface area contributed by atoms with E-state index in [1.165, 1.54) is 18.2 Å². The molecule has 1 amide bonds. The lowest BCUT2D eigenvalue weighted by Gasteiger charge is -2.08. The number of carbonyl (C=O) groups excluding carboxylic acids is 1. The molecule has 2 aromatic carbocycles. The summed E-state index contributed by atoms with van der Waals surface area (Å²) in [5.41, 5.74) is 0.566. The van der Waals surface area contributed by atoms with Crippen molar-refractivity contribution in [3.63, 3.8) is 0 Å². The number of rotatable bonds is 3. The second kappa shape index (κ2) is 6.19. The molecule has 0 spiro atoms. The van der Waals surface area contributed by atoms with Crippen LogP contribution in [0.4, 0.5) is 11.4 Å². The second-order valence-electron chi connectivity index (χ2n) is 3.86. The Balaban J connectivity index is 2.32. The van der Waals surface area contributed by atoms with E-state index in [1.54, 1.807) is 24.3 Å². The Bertz CT molecular complexity index is 691. The van der Waals surface area contributed by atoms with Gasteiger partial charge in [-0.15, -0.1) is 0 Å². The van der Waals surface area contributed by atoms with Crippen LogP contribution in [0.2, 0.25) is 5.02 Å². The van der Waals surface area contributed by atoms with Crippen molar-refractivity contribution in [1.29, 1.82) is 0 Å². The van der Waals surface area contributed by atoms with Gasteiger partial charge >= 0.3 is 0 Å². The van der Waals surface area contributed by atoms with Crippen molar-refractivity contribution in [2.75, 3.05) is 5.32 Å². The summed E-state index contributed by atoms with van der Waals surface area (Å²) in [7, 11) is 0. The first-order chi connectivity index (χ1) is 9.49. The number of nitrogens with one attached hydrogen (secondary N) is 1. The molecule has 0 aliphatic heterocycles. The maximum atomic E-state index is 12.2. The molecule has 0 unspecified atom stereocenters. The SMILES string of the molecule is O=C(Nc1ccccc1Cl)c1cc([N+](=O)[O-])ccc1I. The Labute approximate surface area is 133 Å². The Morgan fingerprint density at radius 3 is 2.60 bits per heavy atom. The molecule has 5 nitrogen and oxygen atoms in total. The molecule has 0 bridgehead atoms. The van der Waals surface area contributed by atoms with Crippen LogP contribution < -0.4 is 5.32 Å². The van der Waals surface area contributed by atoms with Crippen molar-refractivity contribution in [3.8, 4) is 0 Å². The van der Waals surface area contributed by atoms with Gasteiger partial charge in [0.25, 0.3) is 11.6 Å². The predicted molar refractivity (Wildman–Crippen MR) is 85.2 cm³/mol. The Morgan fingerprint density at radius 2 is 1.95 bits per heavy atom. The summed E-state index contributed by atoms with van der Waals surface area (Å²) >= 11 is 7.90. The van der Waals surface area contributed by atoms with Gasteiger partial charge in [0.1, 0.15) is 0 Å². The van der Waals surface area contributed by atoms with Crippen LogP contribution >= 0.6 is 34.2 Å². The maximum absolute atomic E-state index is 12.2. The number of hydrogen-bond donors (Lipinski definition) is 1. The Hall–Kier alpha value is -1.67. The lowest BCUT2D eigenvalue weighted by Crippen LogP contribution is -2.14. The maximum Gasteiger partial charge on any atom is 0.270 e. The van der Waals surface area contributed by atoms with Crippen molar-refractivity contribution >= 4 is 51.5 Å². The molecule has 0 heterocycles. The highest BCUT2D eigenvalue weighted by Crippen LogP contribution is 2.24. The number of anilines is 1. The van der Waals surface area contributed by atoms with Gasteiger partial charge < -0.3 is 5.32 Å². The van der Waals surface area contributed by atoms with E-state index < -0.39 is 10.8 Å². The molecular formula is C13H8ClIN2O3. The van der Waals surface area contributed by atoms with Gasteiger partial charge in [-0.05, 0) is 40.8 Å². The van der Waals surface area contributed by atoms with E-state index >= 15 is 0 Å². The first-order valence-corrected chi connectivity index (χ1v) is 6.94. The van der Waals surface area contributed by atoms with Crippen LogP contribution in [-0.4, -0.2) is 10.8 Å². The van der Waals surface area contributed by atoms with Crippen molar-refractivity contribution < 1.29 is 9.72 Å². The largest absolute Gasteiger partial charge is 0.321 e. The molecule has 0 aliphatic carbocycles. The number of non-ortho nitro benzene ring substituents is 1. The molecule has 2 aromatic rings. The van der Waals surface area contributed by atoms with E-state index in [2.05, 4.69) is 5.32 Å². The zero-order valence-corrected chi connectivity index (χ0v) is 12.9. The van der Waals surface area contributed by atoms with E-state index in [1.807, 2.05) is 22.6 Å². The van der Waals surface area contributed by atoms with E-state index in [4.69, 9.17) is 11.6 Å². The van der Waals surface area contributed by atoms with Crippen LogP contribution in [0.5, 0.6) is 0 Å².